The minimum Gasteiger partial charge on any atom is -0.394 e. The van der Waals surface area contributed by atoms with E-state index in [4.69, 9.17) is 4.74 Å². The highest BCUT2D eigenvalue weighted by atomic mass is 79.9. The third-order valence-electron chi connectivity index (χ3n) is 8.40. The van der Waals surface area contributed by atoms with Crippen LogP contribution in [0.2, 0.25) is 0 Å². The molecular weight excluding hydrogens is 562 g/mol. The van der Waals surface area contributed by atoms with Gasteiger partial charge >= 0.3 is 0 Å². The fourth-order valence-corrected chi connectivity index (χ4v) is 7.58. The Morgan fingerprint density at radius 2 is 1.92 bits per heavy atom. The first-order valence-corrected chi connectivity index (χ1v) is 14.6. The molecule has 1 spiro atoms. The second kappa shape index (κ2) is 11.0. The van der Waals surface area contributed by atoms with Crippen molar-refractivity contribution in [1.82, 2.24) is 10.2 Å². The number of aryl methyl sites for hydroxylation is 2. The Hall–Kier alpha value is -2.75. The molecule has 0 aromatic heterocycles. The average molecular weight is 599 g/mol. The highest BCUT2D eigenvalue weighted by Gasteiger charge is 2.77. The minimum absolute atomic E-state index is 0.184. The fourth-order valence-electron chi connectivity index (χ4n) is 6.63. The van der Waals surface area contributed by atoms with E-state index in [2.05, 4.69) is 26.6 Å². The monoisotopic (exact) mass is 597 g/mol. The zero-order valence-electron chi connectivity index (χ0n) is 22.5. The van der Waals surface area contributed by atoms with Gasteiger partial charge in [-0.1, -0.05) is 65.3 Å². The number of alkyl halides is 1. The van der Waals surface area contributed by atoms with E-state index in [1.807, 2.05) is 69.3 Å². The summed E-state index contributed by atoms with van der Waals surface area (Å²) in [5, 5.41) is 16.6. The van der Waals surface area contributed by atoms with E-state index in [9.17, 15) is 19.5 Å². The number of hydrogen-bond donors (Lipinski definition) is 3. The van der Waals surface area contributed by atoms with E-state index >= 15 is 0 Å². The van der Waals surface area contributed by atoms with Crippen LogP contribution in [0, 0.1) is 25.7 Å². The van der Waals surface area contributed by atoms with Crippen LogP contribution >= 0.6 is 15.9 Å². The van der Waals surface area contributed by atoms with Crippen molar-refractivity contribution in [3.05, 3.63) is 65.2 Å². The van der Waals surface area contributed by atoms with Gasteiger partial charge in [-0.25, -0.2) is 0 Å². The first-order chi connectivity index (χ1) is 18.7. The van der Waals surface area contributed by atoms with Crippen LogP contribution < -0.4 is 10.6 Å². The number of hydrogen-bond acceptors (Lipinski definition) is 5. The molecule has 3 amide bonds. The van der Waals surface area contributed by atoms with Gasteiger partial charge in [-0.2, -0.15) is 0 Å². The van der Waals surface area contributed by atoms with Crippen molar-refractivity contribution < 1.29 is 24.2 Å². The molecule has 0 saturated carbocycles. The molecule has 3 N–H and O–H groups in total. The first kappa shape index (κ1) is 27.8. The van der Waals surface area contributed by atoms with Crippen molar-refractivity contribution in [3.63, 3.8) is 0 Å². The van der Waals surface area contributed by atoms with Crippen molar-refractivity contribution in [2.24, 2.45) is 11.8 Å². The highest BCUT2D eigenvalue weighted by molar-refractivity contribution is 9.09. The summed E-state index contributed by atoms with van der Waals surface area (Å²) < 4.78 is 6.57. The lowest BCUT2D eigenvalue weighted by Gasteiger charge is -2.37. The van der Waals surface area contributed by atoms with E-state index < -0.39 is 35.6 Å². The molecule has 0 aliphatic carbocycles. The zero-order valence-corrected chi connectivity index (χ0v) is 24.1. The molecule has 9 heteroatoms. The SMILES string of the molecule is CCCNC(=O)[C@H]1[C@@H]2OC3(CC2Br)C(C(=O)Nc2cc(C)ccc2C)N([C@@H](CO)Cc2ccccc2)C(=O)[C@H]13. The number of carbonyl (C=O) groups excluding carboxylic acids is 3. The number of halogens is 1. The van der Waals surface area contributed by atoms with Gasteiger partial charge in [-0.05, 0) is 55.9 Å². The van der Waals surface area contributed by atoms with Gasteiger partial charge in [0.15, 0.2) is 0 Å². The topological polar surface area (TPSA) is 108 Å². The second-order valence-electron chi connectivity index (χ2n) is 11.0. The van der Waals surface area contributed by atoms with E-state index in [1.54, 1.807) is 0 Å². The number of aliphatic hydroxyl groups excluding tert-OH is 1. The summed E-state index contributed by atoms with van der Waals surface area (Å²) >= 11 is 3.70. The number of ether oxygens (including phenoxy) is 1. The van der Waals surface area contributed by atoms with Crippen LogP contribution in [0.25, 0.3) is 0 Å². The Balaban J connectivity index is 1.57. The van der Waals surface area contributed by atoms with Crippen LogP contribution in [-0.2, 0) is 25.5 Å². The number of carbonyl (C=O) groups is 3. The summed E-state index contributed by atoms with van der Waals surface area (Å²) in [5.74, 6) is -2.46. The molecule has 208 valence electrons. The molecule has 2 aromatic rings. The molecule has 3 aliphatic rings. The van der Waals surface area contributed by atoms with E-state index in [1.165, 1.54) is 4.90 Å². The van der Waals surface area contributed by atoms with Gasteiger partial charge in [0.05, 0.1) is 30.6 Å². The second-order valence-corrected chi connectivity index (χ2v) is 12.2. The molecule has 3 heterocycles. The lowest BCUT2D eigenvalue weighted by molar-refractivity contribution is -0.144. The fraction of sp³-hybridized carbons (Fsp3) is 0.500. The largest absolute Gasteiger partial charge is 0.394 e. The van der Waals surface area contributed by atoms with Crippen molar-refractivity contribution in [2.45, 2.75) is 68.6 Å². The van der Waals surface area contributed by atoms with E-state index in [-0.39, 0.29) is 29.2 Å². The summed E-state index contributed by atoms with van der Waals surface area (Å²) in [4.78, 5) is 43.2. The van der Waals surface area contributed by atoms with Crippen LogP contribution in [-0.4, -0.2) is 69.5 Å². The molecule has 3 unspecified atom stereocenters. The maximum atomic E-state index is 14.3. The van der Waals surface area contributed by atoms with Gasteiger partial charge in [0.25, 0.3) is 0 Å². The molecular formula is C30H36BrN3O5. The molecule has 39 heavy (non-hydrogen) atoms. The average Bonchev–Trinajstić information content (AvgIpc) is 3.52. The highest BCUT2D eigenvalue weighted by Crippen LogP contribution is 2.60. The smallest absolute Gasteiger partial charge is 0.250 e. The number of fused-ring (bicyclic) bond motifs is 1. The van der Waals surface area contributed by atoms with Crippen molar-refractivity contribution in [1.29, 1.82) is 0 Å². The molecule has 3 aliphatic heterocycles. The van der Waals surface area contributed by atoms with Crippen molar-refractivity contribution >= 4 is 39.3 Å². The van der Waals surface area contributed by atoms with Gasteiger partial charge in [0, 0.05) is 17.1 Å². The molecule has 8 nitrogen and oxygen atoms in total. The van der Waals surface area contributed by atoms with Crippen LogP contribution in [0.15, 0.2) is 48.5 Å². The van der Waals surface area contributed by atoms with Gasteiger partial charge in [-0.3, -0.25) is 14.4 Å². The number of nitrogens with zero attached hydrogens (tertiary/aromatic N) is 1. The zero-order chi connectivity index (χ0) is 27.9. The maximum absolute atomic E-state index is 14.3. The minimum atomic E-state index is -1.18. The molecule has 2 bridgehead atoms. The number of rotatable bonds is 9. The number of anilines is 1. The number of aliphatic hydroxyl groups is 1. The molecule has 3 saturated heterocycles. The lowest BCUT2D eigenvalue weighted by Crippen LogP contribution is -2.57. The van der Waals surface area contributed by atoms with Gasteiger partial charge in [0.2, 0.25) is 17.7 Å². The van der Waals surface area contributed by atoms with Crippen LogP contribution in [0.5, 0.6) is 0 Å². The van der Waals surface area contributed by atoms with Gasteiger partial charge < -0.3 is 25.4 Å². The van der Waals surface area contributed by atoms with E-state index in [0.717, 1.165) is 23.1 Å². The predicted octanol–water partition coefficient (Wildman–Crippen LogP) is 3.12. The summed E-state index contributed by atoms with van der Waals surface area (Å²) in [7, 11) is 0. The van der Waals surface area contributed by atoms with Crippen LogP contribution in [0.1, 0.15) is 36.5 Å². The third kappa shape index (κ3) is 4.78. The normalized spacial score (nSPS) is 29.8. The summed E-state index contributed by atoms with van der Waals surface area (Å²) in [6.45, 7) is 6.01. The molecule has 2 aromatic carbocycles. The molecule has 7 atom stereocenters. The van der Waals surface area contributed by atoms with Gasteiger partial charge in [-0.15, -0.1) is 0 Å². The summed E-state index contributed by atoms with van der Waals surface area (Å²) in [5.41, 5.74) is 2.31. The Morgan fingerprint density at radius 3 is 2.62 bits per heavy atom. The Morgan fingerprint density at radius 1 is 1.18 bits per heavy atom. The Kier molecular flexibility index (Phi) is 7.86. The van der Waals surface area contributed by atoms with Crippen molar-refractivity contribution in [2.75, 3.05) is 18.5 Å². The number of nitrogens with one attached hydrogen (secondary N) is 2. The van der Waals surface area contributed by atoms with Crippen LogP contribution in [0.4, 0.5) is 5.69 Å². The molecule has 3 fully saturated rings. The van der Waals surface area contributed by atoms with Gasteiger partial charge in [0.1, 0.15) is 11.6 Å². The Bertz CT molecular complexity index is 1260. The number of amides is 3. The van der Waals surface area contributed by atoms with Crippen molar-refractivity contribution in [3.8, 4) is 0 Å². The summed E-state index contributed by atoms with van der Waals surface area (Å²) in [6.07, 6.45) is 1.03. The predicted molar refractivity (Wildman–Crippen MR) is 151 cm³/mol. The Labute approximate surface area is 237 Å². The first-order valence-electron chi connectivity index (χ1n) is 13.7. The maximum Gasteiger partial charge on any atom is 0.250 e. The molecule has 5 rings (SSSR count). The summed E-state index contributed by atoms with van der Waals surface area (Å²) in [6, 6.07) is 13.7. The third-order valence-corrected chi connectivity index (χ3v) is 9.24. The standard InChI is InChI=1S/C30H36BrN3O5/c1-4-12-32-27(36)23-24-29(38)34(20(16-35)14-19-8-6-5-7-9-19)26(30(24)15-21(31)25(23)39-30)28(37)33-22-13-17(2)10-11-18(22)3/h5-11,13,20-21,23-26,35H,4,12,14-16H2,1-3H3,(H,32,36)(H,33,37)/t20-,21?,23-,24+,25-,26?,30?/m1/s1. The lowest BCUT2D eigenvalue weighted by atomic mass is 9.70. The molecule has 0 radical (unpaired) electrons. The van der Waals surface area contributed by atoms with E-state index in [0.29, 0.717) is 25.1 Å². The quantitative estimate of drug-likeness (QED) is 0.385. The number of benzene rings is 2. The number of likely N-dealkylation sites (tertiary alicyclic amines) is 1. The van der Waals surface area contributed by atoms with Crippen LogP contribution in [0.3, 0.4) is 0 Å².